The summed E-state index contributed by atoms with van der Waals surface area (Å²) >= 11 is 0. The molecule has 0 aliphatic carbocycles. The third kappa shape index (κ3) is 1.65. The Morgan fingerprint density at radius 3 is 2.32 bits per heavy atom. The van der Waals surface area contributed by atoms with Crippen LogP contribution in [-0.2, 0) is 18.0 Å². The molecule has 0 radical (unpaired) electrons. The van der Waals surface area contributed by atoms with Crippen LogP contribution in [0.5, 0.6) is 0 Å². The highest BCUT2D eigenvalue weighted by Gasteiger charge is 2.11. The zero-order chi connectivity index (χ0) is 13.4. The van der Waals surface area contributed by atoms with Crippen LogP contribution in [0.25, 0.3) is 21.5 Å². The van der Waals surface area contributed by atoms with Gasteiger partial charge in [-0.15, -0.1) is 0 Å². The van der Waals surface area contributed by atoms with Crippen LogP contribution in [0.2, 0.25) is 0 Å². The largest absolute Gasteiger partial charge is 0.392 e. The molecule has 0 bridgehead atoms. The van der Waals surface area contributed by atoms with E-state index in [1.807, 2.05) is 30.2 Å². The van der Waals surface area contributed by atoms with Crippen LogP contribution in [0.15, 0.2) is 36.4 Å². The van der Waals surface area contributed by atoms with Crippen molar-refractivity contribution >= 4 is 27.5 Å². The summed E-state index contributed by atoms with van der Waals surface area (Å²) in [5.74, 6) is 1.91. The summed E-state index contributed by atoms with van der Waals surface area (Å²) < 4.78 is 0. The lowest BCUT2D eigenvalue weighted by atomic mass is 9.93. The first-order valence-corrected chi connectivity index (χ1v) is 6.03. The topological polar surface area (TPSA) is 57.5 Å². The van der Waals surface area contributed by atoms with Crippen LogP contribution in [-0.4, -0.2) is 16.2 Å². The molecule has 0 saturated heterocycles. The number of benzene rings is 3. The van der Waals surface area contributed by atoms with Gasteiger partial charge in [0.15, 0.2) is 0 Å². The van der Waals surface area contributed by atoms with E-state index in [1.54, 1.807) is 12.1 Å². The standard InChI is InChI=1S/C16H12O3/c17-7-12-5-4-10-2-1-3-11-6-13(8-18)14(9-19)16(12)15(10)11/h1-6,17-18H,7-8H2. The first-order valence-electron chi connectivity index (χ1n) is 6.03. The van der Waals surface area contributed by atoms with Gasteiger partial charge >= 0.3 is 0 Å². The van der Waals surface area contributed by atoms with Crippen molar-refractivity contribution in [3.63, 3.8) is 0 Å². The Morgan fingerprint density at radius 2 is 1.63 bits per heavy atom. The van der Waals surface area contributed by atoms with E-state index in [2.05, 4.69) is 0 Å². The van der Waals surface area contributed by atoms with Gasteiger partial charge in [-0.05, 0) is 33.4 Å². The van der Waals surface area contributed by atoms with Gasteiger partial charge in [0.05, 0.1) is 18.4 Å². The van der Waals surface area contributed by atoms with Crippen LogP contribution in [0.1, 0.15) is 11.1 Å². The van der Waals surface area contributed by atoms with Gasteiger partial charge in [-0.1, -0.05) is 30.3 Å². The summed E-state index contributed by atoms with van der Waals surface area (Å²) in [6.07, 6.45) is 0. The van der Waals surface area contributed by atoms with E-state index in [9.17, 15) is 15.0 Å². The second-order valence-corrected chi connectivity index (χ2v) is 4.51. The fourth-order valence-electron chi connectivity index (χ4n) is 2.65. The number of rotatable bonds is 2. The summed E-state index contributed by atoms with van der Waals surface area (Å²) in [5, 5.41) is 22.8. The van der Waals surface area contributed by atoms with Gasteiger partial charge in [-0.2, -0.15) is 0 Å². The lowest BCUT2D eigenvalue weighted by Crippen LogP contribution is -2.14. The van der Waals surface area contributed by atoms with E-state index < -0.39 is 0 Å². The average Bonchev–Trinajstić information content (AvgIpc) is 2.47. The third-order valence-electron chi connectivity index (χ3n) is 3.51. The molecule has 94 valence electrons. The molecule has 0 spiro atoms. The first-order chi connectivity index (χ1) is 9.30. The summed E-state index contributed by atoms with van der Waals surface area (Å²) in [7, 11) is 0. The number of aliphatic hydroxyl groups excluding tert-OH is 2. The maximum atomic E-state index is 11.3. The summed E-state index contributed by atoms with van der Waals surface area (Å²) in [4.78, 5) is 11.3. The number of carbonyl (C=O) groups excluding carboxylic acids is 1. The van der Waals surface area contributed by atoms with Crippen LogP contribution in [0.4, 0.5) is 0 Å². The smallest absolute Gasteiger partial charge is 0.133 e. The SMILES string of the molecule is O=C=c1c(CO)cc2cccc3ccc(CO)c1c32. The van der Waals surface area contributed by atoms with Gasteiger partial charge in [0.25, 0.3) is 0 Å². The Kier molecular flexibility index (Phi) is 2.80. The molecule has 0 aromatic heterocycles. The number of hydrogen-bond acceptors (Lipinski definition) is 3. The van der Waals surface area contributed by atoms with Gasteiger partial charge in [-0.3, -0.25) is 0 Å². The molecule has 0 saturated carbocycles. The van der Waals surface area contributed by atoms with Gasteiger partial charge in [0, 0.05) is 5.39 Å². The minimum atomic E-state index is -0.222. The zero-order valence-electron chi connectivity index (χ0n) is 10.2. The van der Waals surface area contributed by atoms with Gasteiger partial charge < -0.3 is 10.2 Å². The Morgan fingerprint density at radius 1 is 0.895 bits per heavy atom. The van der Waals surface area contributed by atoms with Crippen molar-refractivity contribution < 1.29 is 15.0 Å². The van der Waals surface area contributed by atoms with E-state index >= 15 is 0 Å². The van der Waals surface area contributed by atoms with Crippen LogP contribution in [0, 0.1) is 0 Å². The predicted molar refractivity (Wildman–Crippen MR) is 73.3 cm³/mol. The second kappa shape index (κ2) is 4.48. The zero-order valence-corrected chi connectivity index (χ0v) is 10.2. The highest BCUT2D eigenvalue weighted by atomic mass is 16.3. The maximum absolute atomic E-state index is 11.3. The quantitative estimate of drug-likeness (QED) is 0.720. The normalized spacial score (nSPS) is 11.1. The van der Waals surface area contributed by atoms with Crippen molar-refractivity contribution in [1.29, 1.82) is 0 Å². The molecule has 0 atom stereocenters. The van der Waals surface area contributed by atoms with E-state index in [4.69, 9.17) is 0 Å². The van der Waals surface area contributed by atoms with Crippen molar-refractivity contribution in [1.82, 2.24) is 0 Å². The highest BCUT2D eigenvalue weighted by molar-refractivity contribution is 6.12. The maximum Gasteiger partial charge on any atom is 0.133 e. The molecule has 3 aromatic carbocycles. The highest BCUT2D eigenvalue weighted by Crippen LogP contribution is 2.27. The predicted octanol–water partition coefficient (Wildman–Crippen LogP) is 1.20. The molecule has 0 aliphatic heterocycles. The molecule has 0 amide bonds. The molecule has 3 nitrogen and oxygen atoms in total. The first kappa shape index (κ1) is 11.9. The molecule has 0 heterocycles. The Hall–Kier alpha value is -2.19. The summed E-state index contributed by atoms with van der Waals surface area (Å²) in [6.45, 7) is -0.371. The third-order valence-corrected chi connectivity index (χ3v) is 3.51. The fourth-order valence-corrected chi connectivity index (χ4v) is 2.65. The van der Waals surface area contributed by atoms with E-state index in [0.717, 1.165) is 16.2 Å². The van der Waals surface area contributed by atoms with Crippen molar-refractivity contribution in [2.24, 2.45) is 0 Å². The van der Waals surface area contributed by atoms with Crippen LogP contribution < -0.4 is 5.22 Å². The number of hydrogen-bond donors (Lipinski definition) is 2. The monoisotopic (exact) mass is 252 g/mol. The average molecular weight is 252 g/mol. The molecule has 0 aliphatic rings. The van der Waals surface area contributed by atoms with E-state index in [1.165, 1.54) is 0 Å². The van der Waals surface area contributed by atoms with Crippen molar-refractivity contribution in [3.05, 3.63) is 52.7 Å². The molecule has 2 N–H and O–H groups in total. The Bertz CT molecular complexity index is 845. The molecular weight excluding hydrogens is 240 g/mol. The number of aliphatic hydroxyl groups is 2. The van der Waals surface area contributed by atoms with Crippen molar-refractivity contribution in [2.45, 2.75) is 13.2 Å². The van der Waals surface area contributed by atoms with Crippen molar-refractivity contribution in [2.75, 3.05) is 0 Å². The molecule has 0 unspecified atom stereocenters. The lowest BCUT2D eigenvalue weighted by molar-refractivity contribution is 0.280. The van der Waals surface area contributed by atoms with Gasteiger partial charge in [-0.25, -0.2) is 4.79 Å². The molecule has 3 aromatic rings. The van der Waals surface area contributed by atoms with Crippen LogP contribution >= 0.6 is 0 Å². The molecule has 19 heavy (non-hydrogen) atoms. The van der Waals surface area contributed by atoms with Crippen LogP contribution in [0.3, 0.4) is 0 Å². The summed E-state index contributed by atoms with van der Waals surface area (Å²) in [5.41, 5.74) is 1.22. The van der Waals surface area contributed by atoms with Crippen molar-refractivity contribution in [3.8, 4) is 0 Å². The van der Waals surface area contributed by atoms with Gasteiger partial charge in [0.2, 0.25) is 0 Å². The van der Waals surface area contributed by atoms with E-state index in [-0.39, 0.29) is 13.2 Å². The minimum absolute atomic E-state index is 0.149. The Labute approximate surface area is 109 Å². The molecule has 3 heteroatoms. The Balaban J connectivity index is 2.72. The van der Waals surface area contributed by atoms with E-state index in [0.29, 0.717) is 21.7 Å². The molecule has 0 fully saturated rings. The lowest BCUT2D eigenvalue weighted by Gasteiger charge is -2.11. The molecular formula is C16H12O3. The fraction of sp³-hybridized carbons (Fsp3) is 0.125. The van der Waals surface area contributed by atoms with Gasteiger partial charge in [0.1, 0.15) is 5.94 Å². The molecule has 3 rings (SSSR count). The second-order valence-electron chi connectivity index (χ2n) is 4.51. The minimum Gasteiger partial charge on any atom is -0.392 e. The summed E-state index contributed by atoms with van der Waals surface area (Å²) in [6, 6.07) is 11.4.